The Morgan fingerprint density at radius 3 is 1.25 bits per heavy atom. The summed E-state index contributed by atoms with van der Waals surface area (Å²) in [5.74, 6) is 1.23. The molecule has 0 saturated carbocycles. The van der Waals surface area contributed by atoms with Crippen LogP contribution in [-0.2, 0) is 31.7 Å². The summed E-state index contributed by atoms with van der Waals surface area (Å²) in [5, 5.41) is 15.6. The van der Waals surface area contributed by atoms with E-state index in [1.807, 2.05) is 165 Å². The fraction of sp³-hybridized carbons (Fsp3) is 0.320. The number of H-pyrrole nitrogens is 2. The Morgan fingerprint density at radius 2 is 0.812 bits per heavy atom. The molecule has 0 bridgehead atoms. The van der Waals surface area contributed by atoms with Gasteiger partial charge in [-0.1, -0.05) is 105 Å². The summed E-state index contributed by atoms with van der Waals surface area (Å²) in [6, 6.07) is 51.3. The van der Waals surface area contributed by atoms with Gasteiger partial charge in [0.15, 0.2) is 11.3 Å². The number of carbonyl (C=O) groups is 2. The van der Waals surface area contributed by atoms with Gasteiger partial charge in [0.05, 0.1) is 40.5 Å². The van der Waals surface area contributed by atoms with E-state index in [0.29, 0.717) is 42.5 Å². The molecule has 2 amide bonds. The van der Waals surface area contributed by atoms with E-state index in [-0.39, 0.29) is 59.0 Å². The molecule has 690 valence electrons. The molecule has 6 N–H and O–H groups in total. The second kappa shape index (κ2) is 41.8. The minimum Gasteiger partial charge on any atom is -0.399 e. The molecule has 28 nitrogen and oxygen atoms in total. The molecule has 16 aromatic heterocycles. The molecule has 2 fully saturated rings. The number of fused-ring (bicyclic) bond motifs is 8. The molecule has 2 aliphatic heterocycles. The molecule has 0 unspecified atom stereocenters. The summed E-state index contributed by atoms with van der Waals surface area (Å²) in [7, 11) is 3.23. The van der Waals surface area contributed by atoms with E-state index in [4.69, 9.17) is 46.7 Å². The van der Waals surface area contributed by atoms with Crippen LogP contribution in [0.15, 0.2) is 247 Å². The van der Waals surface area contributed by atoms with Crippen molar-refractivity contribution in [1.29, 1.82) is 0 Å². The predicted molar refractivity (Wildman–Crippen MR) is 544 cm³/mol. The maximum Gasteiger partial charge on any atom is 0.497 e. The average molecular weight is 1940 g/mol. The van der Waals surface area contributed by atoms with Crippen molar-refractivity contribution in [3.05, 3.63) is 275 Å². The number of hydrogen-bond acceptors (Lipinski definition) is 18. The summed E-state index contributed by atoms with van der Waals surface area (Å²) in [6.07, 6.45) is 25.9. The first kappa shape index (κ1) is 98.1. The van der Waals surface area contributed by atoms with E-state index in [9.17, 15) is 9.59 Å². The van der Waals surface area contributed by atoms with Gasteiger partial charge in [0.1, 0.15) is 61.8 Å². The van der Waals surface area contributed by atoms with Crippen molar-refractivity contribution >= 4 is 170 Å². The fourth-order valence-electron chi connectivity index (χ4n) is 15.0. The van der Waals surface area contributed by atoms with Crippen molar-refractivity contribution in [2.45, 2.75) is 191 Å². The van der Waals surface area contributed by atoms with E-state index in [1.165, 1.54) is 17.8 Å². The Labute approximate surface area is 798 Å². The lowest BCUT2D eigenvalue weighted by Gasteiger charge is -2.32. The summed E-state index contributed by atoms with van der Waals surface area (Å²) < 4.78 is 38.8. The summed E-state index contributed by atoms with van der Waals surface area (Å²) >= 11 is 13.0. The van der Waals surface area contributed by atoms with Gasteiger partial charge in [0, 0.05) is 196 Å². The third-order valence-corrected chi connectivity index (χ3v) is 24.8. The normalized spacial score (nSPS) is 14.0. The van der Waals surface area contributed by atoms with Crippen LogP contribution < -0.4 is 32.2 Å². The SMILES string of the molecule is Brc1c[nH]c2ncccc12.CC(C)C.CC(C)n1cc(-c2cc(N(C)Cc3ccccc3)n3ncc(C(N)=O)c3n2)c2cccnc21.CC(C)n1cc(B2OC(C)(C)C(C)(C)O2)c2cccnc21.CC(C)n1cc(B2OC(C)(C)C(C)(C)O2)c2cccnc21.CC(C)n1cc(Br)c2cccnc21.CN(Cc1ccccc1)c1cc(Cl)nc2c(C(N)=O)cnn12.c1cnc2[nH]ccc2c1. The second-order valence-corrected chi connectivity index (χ2v) is 38.6. The number of hydrogen-bond donors (Lipinski definition) is 4. The van der Waals surface area contributed by atoms with Gasteiger partial charge in [0.25, 0.3) is 11.8 Å². The van der Waals surface area contributed by atoms with Crippen molar-refractivity contribution in [3.8, 4) is 11.3 Å². The highest BCUT2D eigenvalue weighted by Gasteiger charge is 2.54. The number of rotatable bonds is 15. The average Bonchev–Trinajstić information content (AvgIpc) is 1.61. The fourth-order valence-corrected chi connectivity index (χ4v) is 16.2. The molecule has 2 aromatic carbocycles. The predicted octanol–water partition coefficient (Wildman–Crippen LogP) is 20.9. The van der Waals surface area contributed by atoms with E-state index >= 15 is 0 Å². The van der Waals surface area contributed by atoms with Crippen LogP contribution >= 0.6 is 43.5 Å². The minimum absolute atomic E-state index is 0.233. The topological polar surface area (TPSA) is 319 Å². The van der Waals surface area contributed by atoms with Crippen LogP contribution in [0.1, 0.15) is 188 Å². The molecule has 133 heavy (non-hydrogen) atoms. The Hall–Kier alpha value is -12.4. The van der Waals surface area contributed by atoms with Gasteiger partial charge in [-0.25, -0.2) is 39.9 Å². The zero-order valence-electron chi connectivity index (χ0n) is 79.3. The van der Waals surface area contributed by atoms with Crippen LogP contribution in [0.25, 0.3) is 88.8 Å². The first-order valence-corrected chi connectivity index (χ1v) is 46.4. The zero-order chi connectivity index (χ0) is 95.7. The number of amides is 2. The number of anilines is 2. The first-order valence-electron chi connectivity index (χ1n) is 44.4. The first-order chi connectivity index (χ1) is 63.2. The van der Waals surface area contributed by atoms with Crippen LogP contribution in [0.2, 0.25) is 5.15 Å². The van der Waals surface area contributed by atoms with E-state index in [0.717, 1.165) is 121 Å². The number of pyridine rings is 6. The number of nitrogens with two attached hydrogens (primary N) is 2. The number of aromatic nitrogens is 18. The third kappa shape index (κ3) is 22.3. The van der Waals surface area contributed by atoms with Gasteiger partial charge in [-0.05, 0) is 226 Å². The minimum atomic E-state index is -0.582. The highest BCUT2D eigenvalue weighted by Crippen LogP contribution is 2.41. The quantitative estimate of drug-likeness (QED) is 0.0547. The number of primary amides is 2. The molecule has 2 saturated heterocycles. The Morgan fingerprint density at radius 1 is 0.436 bits per heavy atom. The summed E-state index contributed by atoms with van der Waals surface area (Å²) in [6.45, 7) is 41.6. The van der Waals surface area contributed by atoms with Gasteiger partial charge in [-0.2, -0.15) is 19.2 Å². The number of nitrogens with zero attached hydrogens (tertiary/aromatic N) is 18. The number of carbonyl (C=O) groups excluding carboxylic acids is 2. The number of aromatic amines is 2. The standard InChI is InChI=1S/C25H25N7O.2C16H23BN2O2.C15H14ClN5O.C10H11BrN2.C7H5BrN2.C7H6N2.C4H10/c1-16(2)31-15-20(18-10-7-11-27-24(18)31)21-12-22(30(3)14-17-8-5-4-6-9-17)32-25(29-21)19(13-28-32)23(26)33;2*1-11(2)19-10-13(12-8-7-9-18-14(12)19)17-20-15(3,4)16(5,6)21-17;1-20(9-10-5-3-2-4-6-10)13-7-12(16)19-15-11(14(17)22)8-18-21(13)15;1-7(2)13-6-9(11)8-4-3-5-12-10(8)13;8-6-4-10-7-5(6)2-1-3-9-7;1-2-6-3-5-9-7(6)8-4-1;1-4(2)3/h4-13,15-16H,14H2,1-3H3,(H2,26,33);2*7-11H,1-6H3;2-8H,9H2,1H3,(H2,17,22);3-7H,1-2H3;1-4H,(H,9,10);1-5H,(H,8,9);4H,1-3H3. The van der Waals surface area contributed by atoms with Crippen molar-refractivity contribution in [2.24, 2.45) is 17.4 Å². The van der Waals surface area contributed by atoms with Crippen molar-refractivity contribution < 1.29 is 28.2 Å². The van der Waals surface area contributed by atoms with E-state index in [1.54, 1.807) is 33.7 Å². The number of benzene rings is 2. The van der Waals surface area contributed by atoms with Crippen LogP contribution in [0.5, 0.6) is 0 Å². The summed E-state index contributed by atoms with van der Waals surface area (Å²) in [5.41, 5.74) is 22.9. The highest BCUT2D eigenvalue weighted by atomic mass is 79.9. The molecule has 18 heterocycles. The lowest BCUT2D eigenvalue weighted by Crippen LogP contribution is -2.41. The Bertz CT molecular complexity index is 6850. The number of nitrogens with one attached hydrogen (secondary N) is 2. The lowest BCUT2D eigenvalue weighted by molar-refractivity contribution is 0.00578. The molecular weight excluding hydrogens is 1820 g/mol. The molecule has 0 aliphatic carbocycles. The van der Waals surface area contributed by atoms with Crippen molar-refractivity contribution in [2.75, 3.05) is 23.9 Å². The molecule has 0 radical (unpaired) electrons. The van der Waals surface area contributed by atoms with Gasteiger partial charge in [0.2, 0.25) is 0 Å². The highest BCUT2D eigenvalue weighted by molar-refractivity contribution is 9.11. The molecule has 18 aromatic rings. The van der Waals surface area contributed by atoms with Gasteiger partial charge < -0.3 is 68.1 Å². The van der Waals surface area contributed by atoms with Crippen LogP contribution in [-0.4, -0.2) is 150 Å². The molecule has 2 aliphatic rings. The van der Waals surface area contributed by atoms with E-state index in [2.05, 4.69) is 297 Å². The molecular formula is C100H117B2Br2ClN22O6. The van der Waals surface area contributed by atoms with Gasteiger partial charge in [-0.15, -0.1) is 0 Å². The monoisotopic (exact) mass is 1940 g/mol. The second-order valence-electron chi connectivity index (χ2n) is 36.5. The zero-order valence-corrected chi connectivity index (χ0v) is 83.2. The van der Waals surface area contributed by atoms with Gasteiger partial charge in [-0.3, -0.25) is 9.59 Å². The smallest absolute Gasteiger partial charge is 0.399 e. The Balaban J connectivity index is 0.000000135. The van der Waals surface area contributed by atoms with Crippen LogP contribution in [0, 0.1) is 5.92 Å². The molecule has 33 heteroatoms. The van der Waals surface area contributed by atoms with Crippen molar-refractivity contribution in [1.82, 2.24) is 87.3 Å². The lowest BCUT2D eigenvalue weighted by atomic mass is 9.79. The van der Waals surface area contributed by atoms with E-state index < -0.39 is 11.8 Å². The van der Waals surface area contributed by atoms with Gasteiger partial charge >= 0.3 is 14.2 Å². The molecule has 0 atom stereocenters. The third-order valence-electron chi connectivity index (χ3n) is 23.3. The maximum atomic E-state index is 12.1. The molecule has 20 rings (SSSR count). The Kier molecular flexibility index (Phi) is 30.8. The maximum absolute atomic E-state index is 12.1. The van der Waals surface area contributed by atoms with Crippen molar-refractivity contribution in [3.63, 3.8) is 0 Å². The number of halogens is 3. The largest absolute Gasteiger partial charge is 0.497 e. The van der Waals surface area contributed by atoms with Crippen LogP contribution in [0.4, 0.5) is 11.6 Å². The summed E-state index contributed by atoms with van der Waals surface area (Å²) in [4.78, 5) is 68.8. The molecule has 0 spiro atoms. The van der Waals surface area contributed by atoms with Crippen LogP contribution in [0.3, 0.4) is 0 Å².